The molecule has 0 aliphatic heterocycles. The molecule has 1 amide bonds. The number of anilines is 1. The summed E-state index contributed by atoms with van der Waals surface area (Å²) in [6.45, 7) is 1.96. The van der Waals surface area contributed by atoms with E-state index in [1.165, 1.54) is 11.8 Å². The summed E-state index contributed by atoms with van der Waals surface area (Å²) in [7, 11) is 1.58. The van der Waals surface area contributed by atoms with Gasteiger partial charge in [-0.2, -0.15) is 5.10 Å². The molecule has 32 heavy (non-hydrogen) atoms. The van der Waals surface area contributed by atoms with Gasteiger partial charge in [-0.15, -0.1) is 10.2 Å². The highest BCUT2D eigenvalue weighted by molar-refractivity contribution is 7.99. The van der Waals surface area contributed by atoms with Crippen LogP contribution in [0.25, 0.3) is 22.4 Å². The summed E-state index contributed by atoms with van der Waals surface area (Å²) in [4.78, 5) is 12.5. The number of benzene rings is 2. The van der Waals surface area contributed by atoms with Crippen LogP contribution >= 0.6 is 11.8 Å². The molecule has 0 saturated carbocycles. The van der Waals surface area contributed by atoms with Crippen molar-refractivity contribution in [2.45, 2.75) is 12.1 Å². The normalized spacial score (nSPS) is 11.2. The van der Waals surface area contributed by atoms with E-state index in [9.17, 15) is 4.79 Å². The molecule has 5 rings (SSSR count). The molecule has 8 nitrogen and oxygen atoms in total. The first kappa shape index (κ1) is 20.1. The monoisotopic (exact) mass is 444 g/mol. The fourth-order valence-corrected chi connectivity index (χ4v) is 4.19. The lowest BCUT2D eigenvalue weighted by Crippen LogP contribution is -2.15. The fourth-order valence-electron chi connectivity index (χ4n) is 3.48. The molecule has 0 atom stereocenters. The van der Waals surface area contributed by atoms with Gasteiger partial charge in [-0.25, -0.2) is 4.52 Å². The van der Waals surface area contributed by atoms with E-state index in [0.717, 1.165) is 22.3 Å². The van der Waals surface area contributed by atoms with Crippen molar-refractivity contribution in [3.63, 3.8) is 0 Å². The molecule has 0 spiro atoms. The highest BCUT2D eigenvalue weighted by Gasteiger charge is 2.15. The van der Waals surface area contributed by atoms with Crippen molar-refractivity contribution in [2.24, 2.45) is 0 Å². The molecule has 0 aliphatic rings. The van der Waals surface area contributed by atoms with Gasteiger partial charge in [0.25, 0.3) is 0 Å². The number of methoxy groups -OCH3 is 1. The Kier molecular flexibility index (Phi) is 5.24. The molecule has 0 saturated heterocycles. The van der Waals surface area contributed by atoms with Gasteiger partial charge in [0, 0.05) is 18.0 Å². The van der Waals surface area contributed by atoms with Gasteiger partial charge in [-0.1, -0.05) is 48.2 Å². The Balaban J connectivity index is 1.36. The van der Waals surface area contributed by atoms with Crippen molar-refractivity contribution < 1.29 is 9.53 Å². The molecule has 2 aromatic carbocycles. The highest BCUT2D eigenvalue weighted by Crippen LogP contribution is 2.27. The maximum atomic E-state index is 12.5. The molecule has 3 aromatic heterocycles. The summed E-state index contributed by atoms with van der Waals surface area (Å²) in [6.07, 6.45) is 3.72. The summed E-state index contributed by atoms with van der Waals surface area (Å²) in [6, 6.07) is 17.6. The minimum Gasteiger partial charge on any atom is -0.495 e. The van der Waals surface area contributed by atoms with Crippen molar-refractivity contribution in [3.8, 4) is 17.0 Å². The summed E-state index contributed by atoms with van der Waals surface area (Å²) < 4.78 is 8.99. The van der Waals surface area contributed by atoms with Crippen LogP contribution in [0.5, 0.6) is 5.75 Å². The molecule has 3 heterocycles. The third-order valence-corrected chi connectivity index (χ3v) is 5.96. The lowest BCUT2D eigenvalue weighted by atomic mass is 10.1. The number of thioether (sulfide) groups is 1. The maximum absolute atomic E-state index is 12.5. The molecule has 160 valence electrons. The van der Waals surface area contributed by atoms with Gasteiger partial charge in [0.1, 0.15) is 11.3 Å². The SMILES string of the molecule is COc1ccc(C)cc1NC(=O)CSc1nnc2c3cc(-c4ccccc4)nn3ccn12. The Labute approximate surface area is 188 Å². The van der Waals surface area contributed by atoms with Crippen LogP contribution in [0.3, 0.4) is 0 Å². The molecule has 5 aromatic rings. The van der Waals surface area contributed by atoms with Crippen molar-refractivity contribution in [1.82, 2.24) is 24.2 Å². The minimum absolute atomic E-state index is 0.146. The molecule has 0 radical (unpaired) electrons. The number of nitrogens with one attached hydrogen (secondary N) is 1. The third-order valence-electron chi connectivity index (χ3n) is 5.02. The van der Waals surface area contributed by atoms with Crippen LogP contribution in [0.1, 0.15) is 5.56 Å². The van der Waals surface area contributed by atoms with Crippen LogP contribution in [-0.4, -0.2) is 43.0 Å². The lowest BCUT2D eigenvalue weighted by Gasteiger charge is -2.10. The van der Waals surface area contributed by atoms with Crippen molar-refractivity contribution in [2.75, 3.05) is 18.2 Å². The van der Waals surface area contributed by atoms with Gasteiger partial charge in [0.05, 0.1) is 24.2 Å². The first-order chi connectivity index (χ1) is 15.6. The summed E-state index contributed by atoms with van der Waals surface area (Å²) in [5.74, 6) is 0.670. The standard InChI is InChI=1S/C23H20N6O2S/c1-15-8-9-20(31-2)18(12-15)24-21(30)14-32-23-26-25-22-19-13-17(16-6-4-3-5-7-16)27-29(19)11-10-28(22)23/h3-13H,14H2,1-2H3,(H,24,30). The molecule has 9 heteroatoms. The second-order valence-corrected chi connectivity index (χ2v) is 8.18. The zero-order valence-electron chi connectivity index (χ0n) is 17.5. The number of amides is 1. The lowest BCUT2D eigenvalue weighted by molar-refractivity contribution is -0.113. The first-order valence-corrected chi connectivity index (χ1v) is 11.0. The number of carbonyl (C=O) groups is 1. The zero-order valence-corrected chi connectivity index (χ0v) is 18.3. The van der Waals surface area contributed by atoms with Gasteiger partial charge in [0.15, 0.2) is 10.8 Å². The first-order valence-electron chi connectivity index (χ1n) is 9.98. The molecular formula is C23H20N6O2S. The van der Waals surface area contributed by atoms with Crippen LogP contribution in [0.2, 0.25) is 0 Å². The number of fused-ring (bicyclic) bond motifs is 3. The van der Waals surface area contributed by atoms with E-state index in [0.29, 0.717) is 22.2 Å². The average Bonchev–Trinajstić information content (AvgIpc) is 3.42. The highest BCUT2D eigenvalue weighted by atomic mass is 32.2. The van der Waals surface area contributed by atoms with Gasteiger partial charge >= 0.3 is 0 Å². The number of ether oxygens (including phenoxy) is 1. The van der Waals surface area contributed by atoms with Crippen LogP contribution in [0, 0.1) is 6.92 Å². The Hall–Kier alpha value is -3.85. The maximum Gasteiger partial charge on any atom is 0.234 e. The third kappa shape index (κ3) is 3.78. The van der Waals surface area contributed by atoms with Crippen LogP contribution in [0.15, 0.2) is 72.1 Å². The quantitative estimate of drug-likeness (QED) is 0.397. The van der Waals surface area contributed by atoms with Gasteiger partial charge in [0.2, 0.25) is 5.91 Å². The van der Waals surface area contributed by atoms with E-state index in [4.69, 9.17) is 4.74 Å². The van der Waals surface area contributed by atoms with Gasteiger partial charge < -0.3 is 10.1 Å². The van der Waals surface area contributed by atoms with Crippen LogP contribution in [-0.2, 0) is 4.79 Å². The summed E-state index contributed by atoms with van der Waals surface area (Å²) in [5.41, 5.74) is 5.12. The molecule has 1 N–H and O–H groups in total. The molecule has 0 unspecified atom stereocenters. The van der Waals surface area contributed by atoms with E-state index in [1.54, 1.807) is 11.6 Å². The van der Waals surface area contributed by atoms with Crippen LogP contribution in [0.4, 0.5) is 5.69 Å². The van der Waals surface area contributed by atoms with E-state index >= 15 is 0 Å². The largest absolute Gasteiger partial charge is 0.495 e. The van der Waals surface area contributed by atoms with E-state index < -0.39 is 0 Å². The number of hydrogen-bond acceptors (Lipinski definition) is 6. The topological polar surface area (TPSA) is 85.8 Å². The second-order valence-electron chi connectivity index (χ2n) is 7.24. The summed E-state index contributed by atoms with van der Waals surface area (Å²) in [5, 5.41) is 16.8. The number of hydrogen-bond donors (Lipinski definition) is 1. The van der Waals surface area contributed by atoms with E-state index in [1.807, 2.05) is 78.3 Å². The minimum atomic E-state index is -0.146. The Morgan fingerprint density at radius 2 is 1.94 bits per heavy atom. The number of nitrogens with zero attached hydrogens (tertiary/aromatic N) is 5. The number of aryl methyl sites for hydroxylation is 1. The average molecular weight is 445 g/mol. The second kappa shape index (κ2) is 8.35. The van der Waals surface area contributed by atoms with Crippen LogP contribution < -0.4 is 10.1 Å². The number of rotatable bonds is 6. The Morgan fingerprint density at radius 3 is 2.75 bits per heavy atom. The Bertz CT molecular complexity index is 1430. The smallest absolute Gasteiger partial charge is 0.234 e. The summed E-state index contributed by atoms with van der Waals surface area (Å²) >= 11 is 1.32. The van der Waals surface area contributed by atoms with Gasteiger partial charge in [-0.3, -0.25) is 9.20 Å². The van der Waals surface area contributed by atoms with E-state index in [2.05, 4.69) is 20.6 Å². The zero-order chi connectivity index (χ0) is 22.1. The predicted molar refractivity (Wildman–Crippen MR) is 124 cm³/mol. The Morgan fingerprint density at radius 1 is 1.09 bits per heavy atom. The van der Waals surface area contributed by atoms with Crippen molar-refractivity contribution in [1.29, 1.82) is 0 Å². The number of carbonyl (C=O) groups excluding carboxylic acids is 1. The molecule has 0 fully saturated rings. The molecule has 0 bridgehead atoms. The fraction of sp³-hybridized carbons (Fsp3) is 0.130. The predicted octanol–water partition coefficient (Wildman–Crippen LogP) is 4.09. The molecule has 0 aliphatic carbocycles. The molecular weight excluding hydrogens is 424 g/mol. The van der Waals surface area contributed by atoms with Crippen molar-refractivity contribution in [3.05, 3.63) is 72.6 Å². The number of aromatic nitrogens is 5. The van der Waals surface area contributed by atoms with Crippen molar-refractivity contribution >= 4 is 34.5 Å². The van der Waals surface area contributed by atoms with E-state index in [-0.39, 0.29) is 11.7 Å². The van der Waals surface area contributed by atoms with Gasteiger partial charge in [-0.05, 0) is 30.7 Å².